The van der Waals surface area contributed by atoms with Crippen molar-refractivity contribution in [3.63, 3.8) is 0 Å². The third-order valence-electron chi connectivity index (χ3n) is 4.51. The maximum Gasteiger partial charge on any atom is 0.407 e. The Kier molecular flexibility index (Phi) is 8.58. The van der Waals surface area contributed by atoms with Crippen LogP contribution in [-0.4, -0.2) is 66.9 Å². The molecule has 0 bridgehead atoms. The van der Waals surface area contributed by atoms with Crippen molar-refractivity contribution in [3.8, 4) is 5.75 Å². The molecule has 1 aliphatic heterocycles. The molecule has 0 spiro atoms. The van der Waals surface area contributed by atoms with Crippen LogP contribution in [-0.2, 0) is 11.3 Å². The second kappa shape index (κ2) is 10.5. The molecule has 0 aliphatic carbocycles. The third kappa shape index (κ3) is 8.37. The van der Waals surface area contributed by atoms with Crippen LogP contribution >= 0.6 is 15.9 Å². The third-order valence-corrected chi connectivity index (χ3v) is 4.97. The van der Waals surface area contributed by atoms with E-state index in [9.17, 15) is 4.79 Å². The van der Waals surface area contributed by atoms with Gasteiger partial charge in [-0.05, 0) is 58.4 Å². The van der Waals surface area contributed by atoms with Crippen LogP contribution in [0.5, 0.6) is 5.75 Å². The monoisotopic (exact) mass is 455 g/mol. The summed E-state index contributed by atoms with van der Waals surface area (Å²) in [5.41, 5.74) is 0.729. The number of alkyl carbamates (subject to hydrolysis) is 1. The fourth-order valence-electron chi connectivity index (χ4n) is 3.13. The summed E-state index contributed by atoms with van der Waals surface area (Å²) in [6.45, 7) is 16.1. The summed E-state index contributed by atoms with van der Waals surface area (Å²) < 4.78 is 12.0. The second-order valence-corrected chi connectivity index (χ2v) is 9.39. The number of piperazine rings is 1. The number of benzene rings is 1. The van der Waals surface area contributed by atoms with Crippen LogP contribution < -0.4 is 10.1 Å². The van der Waals surface area contributed by atoms with Gasteiger partial charge in [-0.3, -0.25) is 9.80 Å². The maximum atomic E-state index is 11.7. The lowest BCUT2D eigenvalue weighted by molar-refractivity contribution is 0.0520. The quantitative estimate of drug-likeness (QED) is 0.632. The van der Waals surface area contributed by atoms with Crippen molar-refractivity contribution in [1.82, 2.24) is 15.1 Å². The van der Waals surface area contributed by atoms with E-state index in [0.717, 1.165) is 42.9 Å². The lowest BCUT2D eigenvalue weighted by Gasteiger charge is -2.37. The summed E-state index contributed by atoms with van der Waals surface area (Å²) in [5, 5.41) is 2.71. The fourth-order valence-corrected chi connectivity index (χ4v) is 3.65. The molecule has 158 valence electrons. The Morgan fingerprint density at radius 1 is 1.18 bits per heavy atom. The lowest BCUT2D eigenvalue weighted by atomic mass is 10.1. The number of hydrogen-bond acceptors (Lipinski definition) is 5. The van der Waals surface area contributed by atoms with E-state index in [1.165, 1.54) is 5.56 Å². The molecule has 1 N–H and O–H groups in total. The standard InChI is InChI=1S/C21H34BrN3O3/c1-16(2)25-9-7-24(8-10-25)15-17-12-18(22)14-19(13-17)27-11-6-23-20(26)28-21(3,4)5/h12-14,16H,6-11,15H2,1-5H3,(H,23,26). The Labute approximate surface area is 177 Å². The van der Waals surface area contributed by atoms with Gasteiger partial charge in [-0.2, -0.15) is 0 Å². The lowest BCUT2D eigenvalue weighted by Crippen LogP contribution is -2.48. The minimum Gasteiger partial charge on any atom is -0.492 e. The topological polar surface area (TPSA) is 54.0 Å². The van der Waals surface area contributed by atoms with Crippen molar-refractivity contribution in [3.05, 3.63) is 28.2 Å². The zero-order valence-electron chi connectivity index (χ0n) is 17.8. The summed E-state index contributed by atoms with van der Waals surface area (Å²) in [6.07, 6.45) is -0.424. The average molecular weight is 456 g/mol. The number of nitrogens with zero attached hydrogens (tertiary/aromatic N) is 2. The van der Waals surface area contributed by atoms with Crippen LogP contribution in [0.2, 0.25) is 0 Å². The molecule has 1 aliphatic rings. The first kappa shape index (κ1) is 23.0. The number of rotatable bonds is 7. The predicted octanol–water partition coefficient (Wildman–Crippen LogP) is 3.88. The van der Waals surface area contributed by atoms with Crippen LogP contribution in [0, 0.1) is 0 Å². The molecule has 0 saturated carbocycles. The van der Waals surface area contributed by atoms with Gasteiger partial charge in [0.25, 0.3) is 0 Å². The van der Waals surface area contributed by atoms with Crippen molar-refractivity contribution in [2.75, 3.05) is 39.3 Å². The van der Waals surface area contributed by atoms with Gasteiger partial charge in [0, 0.05) is 43.2 Å². The molecule has 1 fully saturated rings. The first-order valence-electron chi connectivity index (χ1n) is 9.98. The number of halogens is 1. The Balaban J connectivity index is 1.79. The van der Waals surface area contributed by atoms with E-state index in [1.807, 2.05) is 26.8 Å². The minimum absolute atomic E-state index is 0.391. The SMILES string of the molecule is CC(C)N1CCN(Cc2cc(Br)cc(OCCNC(=O)OC(C)(C)C)c2)CC1. The van der Waals surface area contributed by atoms with Gasteiger partial charge in [-0.15, -0.1) is 0 Å². The van der Waals surface area contributed by atoms with E-state index in [2.05, 4.69) is 57.0 Å². The van der Waals surface area contributed by atoms with Crippen LogP contribution in [0.4, 0.5) is 4.79 Å². The Bertz CT molecular complexity index is 638. The highest BCUT2D eigenvalue weighted by Gasteiger charge is 2.19. The molecule has 1 aromatic rings. The molecule has 1 saturated heterocycles. The number of ether oxygens (including phenoxy) is 2. The van der Waals surface area contributed by atoms with Crippen LogP contribution in [0.3, 0.4) is 0 Å². The van der Waals surface area contributed by atoms with E-state index < -0.39 is 11.7 Å². The highest BCUT2D eigenvalue weighted by atomic mass is 79.9. The van der Waals surface area contributed by atoms with Crippen LogP contribution in [0.25, 0.3) is 0 Å². The molecule has 2 rings (SSSR count). The van der Waals surface area contributed by atoms with Crippen molar-refractivity contribution in [1.29, 1.82) is 0 Å². The summed E-state index contributed by atoms with van der Waals surface area (Å²) in [4.78, 5) is 16.7. The van der Waals surface area contributed by atoms with Gasteiger partial charge >= 0.3 is 6.09 Å². The molecule has 0 aromatic heterocycles. The summed E-state index contributed by atoms with van der Waals surface area (Å²) in [6, 6.07) is 6.78. The Hall–Kier alpha value is -1.31. The van der Waals surface area contributed by atoms with Gasteiger partial charge in [0.1, 0.15) is 18.0 Å². The predicted molar refractivity (Wildman–Crippen MR) is 116 cm³/mol. The summed E-state index contributed by atoms with van der Waals surface area (Å²) in [5.74, 6) is 0.802. The number of carbonyl (C=O) groups excluding carboxylic acids is 1. The molecular formula is C21H34BrN3O3. The largest absolute Gasteiger partial charge is 0.492 e. The minimum atomic E-state index is -0.495. The smallest absolute Gasteiger partial charge is 0.407 e. The van der Waals surface area contributed by atoms with Crippen molar-refractivity contribution in [2.45, 2.75) is 52.8 Å². The Morgan fingerprint density at radius 2 is 1.86 bits per heavy atom. The summed E-state index contributed by atoms with van der Waals surface area (Å²) in [7, 11) is 0. The highest BCUT2D eigenvalue weighted by Crippen LogP contribution is 2.23. The van der Waals surface area contributed by atoms with Crippen LogP contribution in [0.15, 0.2) is 22.7 Å². The molecule has 1 aromatic carbocycles. The second-order valence-electron chi connectivity index (χ2n) is 8.48. The number of hydrogen-bond donors (Lipinski definition) is 1. The van der Waals surface area contributed by atoms with Gasteiger partial charge in [0.05, 0.1) is 6.54 Å². The van der Waals surface area contributed by atoms with Gasteiger partial charge in [-0.1, -0.05) is 15.9 Å². The normalized spacial score (nSPS) is 16.2. The molecular weight excluding hydrogens is 422 g/mol. The average Bonchev–Trinajstić information content (AvgIpc) is 2.57. The Morgan fingerprint density at radius 3 is 2.46 bits per heavy atom. The van der Waals surface area contributed by atoms with E-state index in [1.54, 1.807) is 0 Å². The molecule has 6 nitrogen and oxygen atoms in total. The number of nitrogens with one attached hydrogen (secondary N) is 1. The van der Waals surface area contributed by atoms with Crippen molar-refractivity contribution >= 4 is 22.0 Å². The first-order valence-corrected chi connectivity index (χ1v) is 10.8. The molecule has 7 heteroatoms. The van der Waals surface area contributed by atoms with Crippen molar-refractivity contribution in [2.24, 2.45) is 0 Å². The molecule has 1 heterocycles. The summed E-state index contributed by atoms with van der Waals surface area (Å²) >= 11 is 3.58. The van der Waals surface area contributed by atoms with E-state index in [0.29, 0.717) is 19.2 Å². The number of carbonyl (C=O) groups is 1. The first-order chi connectivity index (χ1) is 13.1. The fraction of sp³-hybridized carbons (Fsp3) is 0.667. The maximum absolute atomic E-state index is 11.7. The highest BCUT2D eigenvalue weighted by molar-refractivity contribution is 9.10. The molecule has 28 heavy (non-hydrogen) atoms. The van der Waals surface area contributed by atoms with E-state index >= 15 is 0 Å². The molecule has 0 unspecified atom stereocenters. The zero-order valence-corrected chi connectivity index (χ0v) is 19.3. The molecule has 0 atom stereocenters. The molecule has 0 radical (unpaired) electrons. The van der Waals surface area contributed by atoms with Gasteiger partial charge in [0.2, 0.25) is 0 Å². The van der Waals surface area contributed by atoms with Crippen molar-refractivity contribution < 1.29 is 14.3 Å². The van der Waals surface area contributed by atoms with Gasteiger partial charge < -0.3 is 14.8 Å². The number of amides is 1. The molecule has 1 amide bonds. The van der Waals surface area contributed by atoms with E-state index in [4.69, 9.17) is 9.47 Å². The van der Waals surface area contributed by atoms with Gasteiger partial charge in [0.15, 0.2) is 0 Å². The zero-order chi connectivity index (χ0) is 20.7. The van der Waals surface area contributed by atoms with Gasteiger partial charge in [-0.25, -0.2) is 4.79 Å². The van der Waals surface area contributed by atoms with E-state index in [-0.39, 0.29) is 0 Å². The van der Waals surface area contributed by atoms with Crippen LogP contribution in [0.1, 0.15) is 40.2 Å².